The largest absolute Gasteiger partial charge is 0.387 e. The highest BCUT2D eigenvalue weighted by Crippen LogP contribution is 2.41. The molecule has 0 aliphatic rings. The Bertz CT molecular complexity index is 1070. The average molecular weight is 409 g/mol. The zero-order chi connectivity index (χ0) is 21.7. The second kappa shape index (κ2) is 8.86. The molecule has 0 fully saturated rings. The highest BCUT2D eigenvalue weighted by atomic mass is 16.3. The van der Waals surface area contributed by atoms with Gasteiger partial charge in [-0.3, -0.25) is 4.68 Å². The van der Waals surface area contributed by atoms with Crippen LogP contribution in [-0.4, -0.2) is 14.9 Å². The number of nitriles is 1. The van der Waals surface area contributed by atoms with E-state index >= 15 is 0 Å². The molecule has 1 atom stereocenters. The van der Waals surface area contributed by atoms with Crippen LogP contribution in [0, 0.1) is 11.3 Å². The van der Waals surface area contributed by atoms with E-state index in [2.05, 4.69) is 46.8 Å². The first-order valence-corrected chi connectivity index (χ1v) is 10.2. The fourth-order valence-electron chi connectivity index (χ4n) is 4.01. The van der Waals surface area contributed by atoms with Gasteiger partial charge in [0.2, 0.25) is 0 Å². The molecule has 0 radical (unpaired) electrons. The third-order valence-corrected chi connectivity index (χ3v) is 5.54. The van der Waals surface area contributed by atoms with Gasteiger partial charge in [0.15, 0.2) is 0 Å². The lowest BCUT2D eigenvalue weighted by Crippen LogP contribution is -2.39. The lowest BCUT2D eigenvalue weighted by molar-refractivity contribution is 0.184. The Labute approximate surface area is 182 Å². The summed E-state index contributed by atoms with van der Waals surface area (Å²) in [5.41, 5.74) is 3.01. The lowest BCUT2D eigenvalue weighted by atomic mass is 9.77. The molecule has 3 aromatic carbocycles. The SMILES string of the molecule is Cn1ncc(C(O)CC#N)c1NC(c1ccccc1)(c1ccccc1)c1ccccc1. The number of nitrogens with one attached hydrogen (secondary N) is 1. The maximum Gasteiger partial charge on any atom is 0.131 e. The van der Waals surface area contributed by atoms with Crippen LogP contribution in [0.25, 0.3) is 0 Å². The van der Waals surface area contributed by atoms with Crippen molar-refractivity contribution in [1.82, 2.24) is 9.78 Å². The van der Waals surface area contributed by atoms with Gasteiger partial charge < -0.3 is 10.4 Å². The van der Waals surface area contributed by atoms with E-state index in [9.17, 15) is 5.11 Å². The Hall–Kier alpha value is -3.88. The van der Waals surface area contributed by atoms with Gasteiger partial charge in [-0.2, -0.15) is 10.4 Å². The Balaban J connectivity index is 1.99. The molecule has 0 bridgehead atoms. The molecule has 4 rings (SSSR count). The Morgan fingerprint density at radius 1 is 0.903 bits per heavy atom. The minimum absolute atomic E-state index is 0.00458. The predicted octanol–water partition coefficient (Wildman–Crippen LogP) is 4.77. The van der Waals surface area contributed by atoms with Crippen LogP contribution in [0.3, 0.4) is 0 Å². The number of hydrogen-bond acceptors (Lipinski definition) is 4. The van der Waals surface area contributed by atoms with Gasteiger partial charge in [0.05, 0.1) is 24.8 Å². The van der Waals surface area contributed by atoms with Gasteiger partial charge in [0.25, 0.3) is 0 Å². The minimum atomic E-state index is -0.929. The average Bonchev–Trinajstić information content (AvgIpc) is 3.19. The molecule has 1 unspecified atom stereocenters. The quantitative estimate of drug-likeness (QED) is 0.432. The van der Waals surface area contributed by atoms with Crippen LogP contribution in [0.5, 0.6) is 0 Å². The summed E-state index contributed by atoms with van der Waals surface area (Å²) in [6.45, 7) is 0. The van der Waals surface area contributed by atoms with Crippen molar-refractivity contribution >= 4 is 5.82 Å². The first-order valence-electron chi connectivity index (χ1n) is 10.2. The number of aryl methyl sites for hydroxylation is 1. The standard InChI is InChI=1S/C26H24N4O/c1-30-25(23(19-28-30)24(31)17-18-27)29-26(20-11-5-2-6-12-20,21-13-7-3-8-14-21)22-15-9-4-10-16-22/h2-16,19,24,29,31H,17H2,1H3. The second-order valence-electron chi connectivity index (χ2n) is 7.42. The number of benzene rings is 3. The molecule has 2 N–H and O–H groups in total. The van der Waals surface area contributed by atoms with E-state index in [1.54, 1.807) is 10.9 Å². The zero-order valence-electron chi connectivity index (χ0n) is 17.3. The van der Waals surface area contributed by atoms with Crippen molar-refractivity contribution in [2.45, 2.75) is 18.1 Å². The van der Waals surface area contributed by atoms with E-state index in [1.807, 2.05) is 67.7 Å². The summed E-state index contributed by atoms with van der Waals surface area (Å²) in [6.07, 6.45) is 0.687. The van der Waals surface area contributed by atoms with Crippen molar-refractivity contribution in [3.63, 3.8) is 0 Å². The molecule has 1 heterocycles. The smallest absolute Gasteiger partial charge is 0.131 e. The molecular formula is C26H24N4O. The molecule has 154 valence electrons. The topological polar surface area (TPSA) is 73.9 Å². The Kier molecular flexibility index (Phi) is 5.83. The number of anilines is 1. The van der Waals surface area contributed by atoms with Crippen molar-refractivity contribution in [3.8, 4) is 6.07 Å². The van der Waals surface area contributed by atoms with Gasteiger partial charge in [0, 0.05) is 12.6 Å². The van der Waals surface area contributed by atoms with Crippen LogP contribution in [-0.2, 0) is 12.6 Å². The van der Waals surface area contributed by atoms with E-state index in [1.165, 1.54) is 0 Å². The second-order valence-corrected chi connectivity index (χ2v) is 7.42. The van der Waals surface area contributed by atoms with Gasteiger partial charge in [-0.1, -0.05) is 91.0 Å². The van der Waals surface area contributed by atoms with E-state index < -0.39 is 11.6 Å². The molecule has 0 saturated heterocycles. The Morgan fingerprint density at radius 3 is 1.77 bits per heavy atom. The minimum Gasteiger partial charge on any atom is -0.387 e. The summed E-state index contributed by atoms with van der Waals surface area (Å²) in [5.74, 6) is 0.666. The summed E-state index contributed by atoms with van der Waals surface area (Å²) in [4.78, 5) is 0. The number of hydrogen-bond donors (Lipinski definition) is 2. The number of aromatic nitrogens is 2. The summed E-state index contributed by atoms with van der Waals surface area (Å²) in [5, 5.41) is 27.8. The Morgan fingerprint density at radius 2 is 1.35 bits per heavy atom. The molecule has 5 nitrogen and oxygen atoms in total. The molecule has 5 heteroatoms. The molecule has 0 aliphatic carbocycles. The molecule has 4 aromatic rings. The number of aliphatic hydroxyl groups is 1. The van der Waals surface area contributed by atoms with Crippen LogP contribution in [0.15, 0.2) is 97.2 Å². The number of nitrogens with zero attached hydrogens (tertiary/aromatic N) is 3. The van der Waals surface area contributed by atoms with E-state index in [-0.39, 0.29) is 6.42 Å². The lowest BCUT2D eigenvalue weighted by Gasteiger charge is -2.38. The molecule has 0 amide bonds. The summed E-state index contributed by atoms with van der Waals surface area (Å²) in [7, 11) is 1.83. The van der Waals surface area contributed by atoms with Crippen molar-refractivity contribution < 1.29 is 5.11 Å². The monoisotopic (exact) mass is 408 g/mol. The molecule has 31 heavy (non-hydrogen) atoms. The van der Waals surface area contributed by atoms with Gasteiger partial charge >= 0.3 is 0 Å². The van der Waals surface area contributed by atoms with Crippen molar-refractivity contribution in [2.24, 2.45) is 7.05 Å². The maximum atomic E-state index is 10.6. The highest BCUT2D eigenvalue weighted by Gasteiger charge is 2.38. The normalized spacial score (nSPS) is 12.2. The molecule has 0 spiro atoms. The molecule has 0 aliphatic heterocycles. The third kappa shape index (κ3) is 3.81. The predicted molar refractivity (Wildman–Crippen MR) is 121 cm³/mol. The van der Waals surface area contributed by atoms with Gasteiger partial charge in [-0.25, -0.2) is 0 Å². The van der Waals surface area contributed by atoms with Crippen molar-refractivity contribution in [2.75, 3.05) is 5.32 Å². The molecule has 1 aromatic heterocycles. The van der Waals surface area contributed by atoms with E-state index in [4.69, 9.17) is 5.26 Å². The first-order chi connectivity index (χ1) is 15.2. The fraction of sp³-hybridized carbons (Fsp3) is 0.154. The molecule has 0 saturated carbocycles. The van der Waals surface area contributed by atoms with Crippen LogP contribution in [0.1, 0.15) is 34.8 Å². The van der Waals surface area contributed by atoms with Gasteiger partial charge in [-0.05, 0) is 16.7 Å². The van der Waals surface area contributed by atoms with Gasteiger partial charge in [0.1, 0.15) is 11.4 Å². The van der Waals surface area contributed by atoms with E-state index in [0.29, 0.717) is 11.4 Å². The highest BCUT2D eigenvalue weighted by molar-refractivity contribution is 5.60. The molecular weight excluding hydrogens is 384 g/mol. The first kappa shape index (κ1) is 20.4. The van der Waals surface area contributed by atoms with Crippen LogP contribution < -0.4 is 5.32 Å². The van der Waals surface area contributed by atoms with Gasteiger partial charge in [-0.15, -0.1) is 0 Å². The van der Waals surface area contributed by atoms with Crippen molar-refractivity contribution in [1.29, 1.82) is 5.26 Å². The number of rotatable bonds is 7. The zero-order valence-corrected chi connectivity index (χ0v) is 17.3. The van der Waals surface area contributed by atoms with Crippen LogP contribution in [0.4, 0.5) is 5.82 Å². The summed E-state index contributed by atoms with van der Waals surface area (Å²) in [6, 6.07) is 32.7. The number of aliphatic hydroxyl groups excluding tert-OH is 1. The maximum absolute atomic E-state index is 10.6. The fourth-order valence-corrected chi connectivity index (χ4v) is 4.01. The van der Waals surface area contributed by atoms with Crippen LogP contribution in [0.2, 0.25) is 0 Å². The van der Waals surface area contributed by atoms with Crippen molar-refractivity contribution in [3.05, 3.63) is 119 Å². The third-order valence-electron chi connectivity index (χ3n) is 5.54. The van der Waals surface area contributed by atoms with E-state index in [0.717, 1.165) is 16.7 Å². The summed E-state index contributed by atoms with van der Waals surface area (Å²) < 4.78 is 1.71. The van der Waals surface area contributed by atoms with Crippen LogP contribution >= 0.6 is 0 Å². The summed E-state index contributed by atoms with van der Waals surface area (Å²) >= 11 is 0.